The first kappa shape index (κ1) is 12.1. The lowest BCUT2D eigenvalue weighted by atomic mass is 9.95. The fourth-order valence-electron chi connectivity index (χ4n) is 2.28. The fraction of sp³-hybridized carbons (Fsp3) is 0.636. The summed E-state index contributed by atoms with van der Waals surface area (Å²) in [4.78, 5) is 13.4. The van der Waals surface area contributed by atoms with Crippen LogP contribution in [0, 0.1) is 0 Å². The van der Waals surface area contributed by atoms with Crippen LogP contribution in [0.25, 0.3) is 0 Å². The lowest BCUT2D eigenvalue weighted by Crippen LogP contribution is -2.27. The molecule has 17 heavy (non-hydrogen) atoms. The van der Waals surface area contributed by atoms with Crippen LogP contribution in [0.2, 0.25) is 0 Å². The van der Waals surface area contributed by atoms with E-state index in [1.807, 2.05) is 7.05 Å². The Morgan fingerprint density at radius 1 is 1.71 bits per heavy atom. The molecule has 0 amide bonds. The number of rotatable bonds is 4. The van der Waals surface area contributed by atoms with Gasteiger partial charge in [-0.2, -0.15) is 5.10 Å². The predicted molar refractivity (Wildman–Crippen MR) is 62.7 cm³/mol. The van der Waals surface area contributed by atoms with Crippen LogP contribution in [0.1, 0.15) is 29.3 Å². The first-order valence-corrected chi connectivity index (χ1v) is 5.81. The maximum atomic E-state index is 11.2. The quantitative estimate of drug-likeness (QED) is 0.681. The molecule has 94 valence electrons. The summed E-state index contributed by atoms with van der Waals surface area (Å²) in [7, 11) is 2.03. The van der Waals surface area contributed by atoms with Crippen LogP contribution in [-0.2, 0) is 17.8 Å². The minimum Gasteiger partial charge on any atom is -0.481 e. The zero-order valence-corrected chi connectivity index (χ0v) is 9.94. The van der Waals surface area contributed by atoms with E-state index in [0.29, 0.717) is 18.7 Å². The smallest absolute Gasteiger partial charge is 0.312 e. The molecule has 4 N–H and O–H groups in total. The highest BCUT2D eigenvalue weighted by Crippen LogP contribution is 2.27. The molecule has 0 radical (unpaired) electrons. The molecule has 0 bridgehead atoms. The van der Waals surface area contributed by atoms with Gasteiger partial charge in [-0.3, -0.25) is 9.89 Å². The number of carbonyl (C=O) groups is 1. The number of nitrogens with two attached hydrogens (primary N) is 1. The summed E-state index contributed by atoms with van der Waals surface area (Å²) >= 11 is 0. The van der Waals surface area contributed by atoms with E-state index >= 15 is 0 Å². The number of fused-ring (bicyclic) bond motifs is 1. The SMILES string of the molecule is CN1CCc2[nH]nc(C(CCN)C(=O)O)c2C1. The number of hydrogen-bond donors (Lipinski definition) is 3. The number of nitrogens with zero attached hydrogens (tertiary/aromatic N) is 2. The van der Waals surface area contributed by atoms with E-state index in [4.69, 9.17) is 5.73 Å². The van der Waals surface area contributed by atoms with Crippen molar-refractivity contribution in [2.75, 3.05) is 20.1 Å². The van der Waals surface area contributed by atoms with Crippen LogP contribution >= 0.6 is 0 Å². The van der Waals surface area contributed by atoms with Crippen molar-refractivity contribution in [1.29, 1.82) is 0 Å². The summed E-state index contributed by atoms with van der Waals surface area (Å²) in [6, 6.07) is 0. The van der Waals surface area contributed by atoms with Crippen LogP contribution in [-0.4, -0.2) is 46.3 Å². The molecular weight excluding hydrogens is 220 g/mol. The number of carboxylic acids is 1. The number of H-pyrrole nitrogens is 1. The normalized spacial score (nSPS) is 17.8. The molecule has 0 saturated carbocycles. The molecule has 0 saturated heterocycles. The van der Waals surface area contributed by atoms with E-state index < -0.39 is 11.9 Å². The van der Waals surface area contributed by atoms with Crippen LogP contribution in [0.5, 0.6) is 0 Å². The van der Waals surface area contributed by atoms with E-state index in [1.165, 1.54) is 0 Å². The molecule has 2 rings (SSSR count). The summed E-state index contributed by atoms with van der Waals surface area (Å²) in [5.41, 5.74) is 8.23. The minimum atomic E-state index is -0.849. The van der Waals surface area contributed by atoms with E-state index in [-0.39, 0.29) is 0 Å². The number of nitrogens with one attached hydrogen (secondary N) is 1. The molecule has 1 unspecified atom stereocenters. The Labute approximate surface area is 99.8 Å². The zero-order valence-electron chi connectivity index (χ0n) is 9.94. The van der Waals surface area contributed by atoms with Crippen molar-refractivity contribution in [2.45, 2.75) is 25.3 Å². The minimum absolute atomic E-state index is 0.356. The molecule has 2 heterocycles. The van der Waals surface area contributed by atoms with Gasteiger partial charge in [0.05, 0.1) is 5.69 Å². The summed E-state index contributed by atoms with van der Waals surface area (Å²) < 4.78 is 0. The summed E-state index contributed by atoms with van der Waals surface area (Å²) in [6.45, 7) is 2.09. The van der Waals surface area contributed by atoms with Crippen molar-refractivity contribution in [3.63, 3.8) is 0 Å². The fourth-order valence-corrected chi connectivity index (χ4v) is 2.28. The Bertz CT molecular complexity index is 416. The molecule has 6 nitrogen and oxygen atoms in total. The molecule has 1 aromatic heterocycles. The number of aliphatic carboxylic acids is 1. The van der Waals surface area contributed by atoms with E-state index in [1.54, 1.807) is 0 Å². The Hall–Kier alpha value is -1.40. The van der Waals surface area contributed by atoms with E-state index in [9.17, 15) is 9.90 Å². The number of aromatic nitrogens is 2. The highest BCUT2D eigenvalue weighted by Gasteiger charge is 2.28. The molecule has 1 aromatic rings. The highest BCUT2D eigenvalue weighted by molar-refractivity contribution is 5.76. The van der Waals surface area contributed by atoms with Gasteiger partial charge in [-0.25, -0.2) is 0 Å². The average molecular weight is 238 g/mol. The Morgan fingerprint density at radius 2 is 2.47 bits per heavy atom. The third-order valence-electron chi connectivity index (χ3n) is 3.24. The Balaban J connectivity index is 2.31. The summed E-state index contributed by atoms with van der Waals surface area (Å²) in [5, 5.41) is 16.4. The highest BCUT2D eigenvalue weighted by atomic mass is 16.4. The molecule has 0 fully saturated rings. The second-order valence-electron chi connectivity index (χ2n) is 4.52. The van der Waals surface area contributed by atoms with E-state index in [0.717, 1.165) is 30.8 Å². The number of hydrogen-bond acceptors (Lipinski definition) is 4. The number of aromatic amines is 1. The maximum absolute atomic E-state index is 11.2. The number of carboxylic acid groups (broad SMARTS) is 1. The Kier molecular flexibility index (Phi) is 3.44. The predicted octanol–water partition coefficient (Wildman–Crippen LogP) is -0.0854. The molecule has 0 spiro atoms. The van der Waals surface area contributed by atoms with Crippen LogP contribution < -0.4 is 5.73 Å². The molecule has 1 aliphatic heterocycles. The van der Waals surface area contributed by atoms with Crippen LogP contribution in [0.4, 0.5) is 0 Å². The monoisotopic (exact) mass is 238 g/mol. The van der Waals surface area contributed by atoms with Crippen molar-refractivity contribution in [2.24, 2.45) is 5.73 Å². The lowest BCUT2D eigenvalue weighted by molar-refractivity contribution is -0.139. The van der Waals surface area contributed by atoms with Gasteiger partial charge in [0.15, 0.2) is 0 Å². The largest absolute Gasteiger partial charge is 0.481 e. The second-order valence-corrected chi connectivity index (χ2v) is 4.52. The van der Waals surface area contributed by atoms with Gasteiger partial charge in [0.2, 0.25) is 0 Å². The summed E-state index contributed by atoms with van der Waals surface area (Å²) in [6.07, 6.45) is 1.32. The van der Waals surface area contributed by atoms with Gasteiger partial charge in [0.25, 0.3) is 0 Å². The van der Waals surface area contributed by atoms with Gasteiger partial charge >= 0.3 is 5.97 Å². The topological polar surface area (TPSA) is 95.2 Å². The van der Waals surface area contributed by atoms with Crippen LogP contribution in [0.15, 0.2) is 0 Å². The van der Waals surface area contributed by atoms with Crippen LogP contribution in [0.3, 0.4) is 0 Å². The third-order valence-corrected chi connectivity index (χ3v) is 3.24. The standard InChI is InChI=1S/C11H18N4O2/c1-15-5-3-9-8(6-15)10(14-13-9)7(2-4-12)11(16)17/h7H,2-6,12H2,1H3,(H,13,14)(H,16,17). The van der Waals surface area contributed by atoms with Crippen molar-refractivity contribution in [3.8, 4) is 0 Å². The van der Waals surface area contributed by atoms with Gasteiger partial charge in [0.1, 0.15) is 5.92 Å². The second kappa shape index (κ2) is 4.85. The first-order chi connectivity index (χ1) is 8.13. The Morgan fingerprint density at radius 3 is 3.12 bits per heavy atom. The maximum Gasteiger partial charge on any atom is 0.312 e. The zero-order chi connectivity index (χ0) is 12.4. The van der Waals surface area contributed by atoms with Crippen molar-refractivity contribution >= 4 is 5.97 Å². The number of likely N-dealkylation sites (N-methyl/N-ethyl adjacent to an activating group) is 1. The lowest BCUT2D eigenvalue weighted by Gasteiger charge is -2.23. The molecular formula is C11H18N4O2. The van der Waals surface area contributed by atoms with Gasteiger partial charge in [-0.05, 0) is 20.0 Å². The first-order valence-electron chi connectivity index (χ1n) is 5.81. The molecule has 0 aliphatic carbocycles. The van der Waals surface area contributed by atoms with Gasteiger partial charge in [0, 0.05) is 30.8 Å². The summed E-state index contributed by atoms with van der Waals surface area (Å²) in [5.74, 6) is -1.44. The van der Waals surface area contributed by atoms with Gasteiger partial charge < -0.3 is 15.7 Å². The third kappa shape index (κ3) is 2.32. The average Bonchev–Trinajstić information content (AvgIpc) is 2.68. The van der Waals surface area contributed by atoms with Gasteiger partial charge in [-0.1, -0.05) is 0 Å². The van der Waals surface area contributed by atoms with Crippen molar-refractivity contribution in [3.05, 3.63) is 17.0 Å². The molecule has 0 aromatic carbocycles. The van der Waals surface area contributed by atoms with Crippen molar-refractivity contribution in [1.82, 2.24) is 15.1 Å². The van der Waals surface area contributed by atoms with Crippen molar-refractivity contribution < 1.29 is 9.90 Å². The van der Waals surface area contributed by atoms with E-state index in [2.05, 4.69) is 15.1 Å². The van der Waals surface area contributed by atoms with Gasteiger partial charge in [-0.15, -0.1) is 0 Å². The molecule has 1 atom stereocenters. The molecule has 6 heteroatoms. The molecule has 1 aliphatic rings.